The van der Waals surface area contributed by atoms with Crippen molar-refractivity contribution in [3.05, 3.63) is 0 Å². The predicted molar refractivity (Wildman–Crippen MR) is 113 cm³/mol. The SMILES string of the molecule is CCNC(=NCC1(CCOCC)CCCC1)NC1CC2CCC1O2.I. The molecule has 0 aromatic carbocycles. The van der Waals surface area contributed by atoms with Crippen molar-refractivity contribution in [2.45, 2.75) is 83.5 Å². The molecular weight excluding hydrogens is 429 g/mol. The molecule has 2 aliphatic heterocycles. The maximum absolute atomic E-state index is 5.97. The van der Waals surface area contributed by atoms with E-state index in [1.54, 1.807) is 0 Å². The van der Waals surface area contributed by atoms with Gasteiger partial charge < -0.3 is 20.1 Å². The summed E-state index contributed by atoms with van der Waals surface area (Å²) in [5, 5.41) is 7.07. The quantitative estimate of drug-likeness (QED) is 0.250. The van der Waals surface area contributed by atoms with Crippen LogP contribution in [0.15, 0.2) is 4.99 Å². The van der Waals surface area contributed by atoms with Crippen molar-refractivity contribution in [2.24, 2.45) is 10.4 Å². The first-order valence-corrected chi connectivity index (χ1v) is 10.0. The standard InChI is InChI=1S/C19H35N3O2.HI/c1-3-20-18(22-16-13-15-7-8-17(16)24-15)21-14-19(9-5-6-10-19)11-12-23-4-2;/h15-17H,3-14H2,1-2H3,(H2,20,21,22);1H. The fourth-order valence-corrected chi connectivity index (χ4v) is 4.58. The summed E-state index contributed by atoms with van der Waals surface area (Å²) in [5.74, 6) is 0.973. The van der Waals surface area contributed by atoms with E-state index < -0.39 is 0 Å². The van der Waals surface area contributed by atoms with Gasteiger partial charge in [0.15, 0.2) is 5.96 Å². The van der Waals surface area contributed by atoms with Gasteiger partial charge >= 0.3 is 0 Å². The molecule has 3 aliphatic rings. The molecule has 3 rings (SSSR count). The van der Waals surface area contributed by atoms with Gasteiger partial charge in [0.25, 0.3) is 0 Å². The van der Waals surface area contributed by atoms with Crippen LogP contribution in [0.1, 0.15) is 65.2 Å². The topological polar surface area (TPSA) is 54.9 Å². The monoisotopic (exact) mass is 465 g/mol. The minimum Gasteiger partial charge on any atom is -0.382 e. The van der Waals surface area contributed by atoms with E-state index in [1.165, 1.54) is 38.5 Å². The molecule has 0 aromatic heterocycles. The fourth-order valence-electron chi connectivity index (χ4n) is 4.58. The Bertz CT molecular complexity index is 427. The molecule has 146 valence electrons. The van der Waals surface area contributed by atoms with Crippen LogP contribution in [0, 0.1) is 5.41 Å². The maximum Gasteiger partial charge on any atom is 0.191 e. The average molecular weight is 465 g/mol. The molecule has 1 saturated carbocycles. The number of fused-ring (bicyclic) bond motifs is 2. The van der Waals surface area contributed by atoms with Crippen LogP contribution in [0.4, 0.5) is 0 Å². The number of hydrogen-bond donors (Lipinski definition) is 2. The summed E-state index contributed by atoms with van der Waals surface area (Å²) in [6.45, 7) is 7.71. The molecule has 6 heteroatoms. The summed E-state index contributed by atoms with van der Waals surface area (Å²) in [6.07, 6.45) is 10.8. The van der Waals surface area contributed by atoms with Crippen LogP contribution >= 0.6 is 24.0 Å². The Balaban J connectivity index is 0.00000225. The molecule has 3 unspecified atom stereocenters. The molecule has 2 N–H and O–H groups in total. The highest BCUT2D eigenvalue weighted by atomic mass is 127. The van der Waals surface area contributed by atoms with Gasteiger partial charge in [0, 0.05) is 26.3 Å². The first-order valence-electron chi connectivity index (χ1n) is 10.0. The Labute approximate surface area is 170 Å². The van der Waals surface area contributed by atoms with Gasteiger partial charge in [-0.3, -0.25) is 4.99 Å². The minimum atomic E-state index is 0. The van der Waals surface area contributed by atoms with Crippen LogP contribution in [0.2, 0.25) is 0 Å². The van der Waals surface area contributed by atoms with Crippen LogP contribution in [0.3, 0.4) is 0 Å². The third-order valence-electron chi connectivity index (χ3n) is 5.99. The van der Waals surface area contributed by atoms with Gasteiger partial charge in [-0.15, -0.1) is 24.0 Å². The van der Waals surface area contributed by atoms with Gasteiger partial charge in [0.05, 0.1) is 18.2 Å². The summed E-state index contributed by atoms with van der Waals surface area (Å²) >= 11 is 0. The first-order chi connectivity index (χ1) is 11.7. The average Bonchev–Trinajstić information content (AvgIpc) is 3.30. The van der Waals surface area contributed by atoms with Crippen molar-refractivity contribution in [1.29, 1.82) is 0 Å². The summed E-state index contributed by atoms with van der Waals surface area (Å²) in [5.41, 5.74) is 0.350. The van der Waals surface area contributed by atoms with Gasteiger partial charge in [-0.2, -0.15) is 0 Å². The number of halogens is 1. The molecule has 0 amide bonds. The Morgan fingerprint density at radius 1 is 1.24 bits per heavy atom. The third kappa shape index (κ3) is 5.70. The largest absolute Gasteiger partial charge is 0.382 e. The van der Waals surface area contributed by atoms with E-state index in [2.05, 4.69) is 24.5 Å². The lowest BCUT2D eigenvalue weighted by Gasteiger charge is -2.28. The van der Waals surface area contributed by atoms with Crippen LogP contribution in [0.25, 0.3) is 0 Å². The number of nitrogens with zero attached hydrogens (tertiary/aromatic N) is 1. The van der Waals surface area contributed by atoms with Crippen molar-refractivity contribution in [1.82, 2.24) is 10.6 Å². The number of nitrogens with one attached hydrogen (secondary N) is 2. The Morgan fingerprint density at radius 2 is 2.04 bits per heavy atom. The zero-order chi connectivity index (χ0) is 16.8. The highest BCUT2D eigenvalue weighted by Gasteiger charge is 2.41. The summed E-state index contributed by atoms with van der Waals surface area (Å²) in [6, 6.07) is 0.435. The highest BCUT2D eigenvalue weighted by Crippen LogP contribution is 2.41. The third-order valence-corrected chi connectivity index (χ3v) is 5.99. The van der Waals surface area contributed by atoms with E-state index in [4.69, 9.17) is 14.5 Å². The zero-order valence-corrected chi connectivity index (χ0v) is 18.2. The molecule has 2 saturated heterocycles. The van der Waals surface area contributed by atoms with E-state index in [9.17, 15) is 0 Å². The molecular formula is C19H36IN3O2. The number of rotatable bonds is 8. The second-order valence-corrected chi connectivity index (χ2v) is 7.71. The van der Waals surface area contributed by atoms with Crippen molar-refractivity contribution >= 4 is 29.9 Å². The van der Waals surface area contributed by atoms with Gasteiger partial charge in [-0.1, -0.05) is 12.8 Å². The first kappa shape index (κ1) is 21.2. The maximum atomic E-state index is 5.97. The van der Waals surface area contributed by atoms with Crippen molar-refractivity contribution in [3.8, 4) is 0 Å². The molecule has 1 aliphatic carbocycles. The predicted octanol–water partition coefficient (Wildman–Crippen LogP) is 3.47. The normalized spacial score (nSPS) is 30.3. The van der Waals surface area contributed by atoms with E-state index >= 15 is 0 Å². The Morgan fingerprint density at radius 3 is 2.64 bits per heavy atom. The van der Waals surface area contributed by atoms with Gasteiger partial charge in [0.1, 0.15) is 0 Å². The second kappa shape index (κ2) is 10.3. The van der Waals surface area contributed by atoms with Crippen LogP contribution in [-0.2, 0) is 9.47 Å². The molecule has 2 bridgehead atoms. The molecule has 0 aromatic rings. The fraction of sp³-hybridized carbons (Fsp3) is 0.947. The van der Waals surface area contributed by atoms with Crippen molar-refractivity contribution in [3.63, 3.8) is 0 Å². The van der Waals surface area contributed by atoms with Crippen LogP contribution < -0.4 is 10.6 Å². The number of ether oxygens (including phenoxy) is 2. The lowest BCUT2D eigenvalue weighted by molar-refractivity contribution is 0.0991. The van der Waals surface area contributed by atoms with Gasteiger partial charge in [0.2, 0.25) is 0 Å². The molecule has 3 fully saturated rings. The molecule has 2 heterocycles. The molecule has 0 radical (unpaired) electrons. The van der Waals surface area contributed by atoms with Gasteiger partial charge in [-0.25, -0.2) is 0 Å². The lowest BCUT2D eigenvalue weighted by Crippen LogP contribution is -2.47. The van der Waals surface area contributed by atoms with Crippen LogP contribution in [0.5, 0.6) is 0 Å². The zero-order valence-electron chi connectivity index (χ0n) is 15.9. The number of guanidine groups is 1. The Hall–Kier alpha value is -0.0800. The lowest BCUT2D eigenvalue weighted by atomic mass is 9.83. The smallest absolute Gasteiger partial charge is 0.191 e. The molecule has 5 nitrogen and oxygen atoms in total. The second-order valence-electron chi connectivity index (χ2n) is 7.71. The van der Waals surface area contributed by atoms with E-state index in [0.29, 0.717) is 23.7 Å². The van der Waals surface area contributed by atoms with E-state index in [0.717, 1.165) is 45.1 Å². The van der Waals surface area contributed by atoms with E-state index in [-0.39, 0.29) is 24.0 Å². The molecule has 25 heavy (non-hydrogen) atoms. The summed E-state index contributed by atoms with van der Waals surface area (Å²) in [7, 11) is 0. The number of aliphatic imine (C=N–C) groups is 1. The van der Waals surface area contributed by atoms with Crippen LogP contribution in [-0.4, -0.2) is 50.5 Å². The van der Waals surface area contributed by atoms with Crippen molar-refractivity contribution in [2.75, 3.05) is 26.3 Å². The summed E-state index contributed by atoms with van der Waals surface area (Å²) < 4.78 is 11.6. The highest BCUT2D eigenvalue weighted by molar-refractivity contribution is 14.0. The molecule has 0 spiro atoms. The van der Waals surface area contributed by atoms with Gasteiger partial charge in [-0.05, 0) is 57.8 Å². The van der Waals surface area contributed by atoms with E-state index in [1.807, 2.05) is 0 Å². The molecule has 3 atom stereocenters. The Kier molecular flexibility index (Phi) is 8.75. The minimum absolute atomic E-state index is 0. The van der Waals surface area contributed by atoms with Crippen molar-refractivity contribution < 1.29 is 9.47 Å². The number of hydrogen-bond acceptors (Lipinski definition) is 3. The summed E-state index contributed by atoms with van der Waals surface area (Å²) in [4.78, 5) is 4.98.